The molecule has 8 heteroatoms. The highest BCUT2D eigenvalue weighted by Crippen LogP contribution is 2.34. The maximum Gasteiger partial charge on any atom is 0.137 e. The van der Waals surface area contributed by atoms with Crippen molar-refractivity contribution in [2.75, 3.05) is 50.5 Å². The van der Waals surface area contributed by atoms with E-state index in [0.717, 1.165) is 87.1 Å². The molecule has 0 unspecified atom stereocenters. The number of imidazole rings is 1. The zero-order valence-electron chi connectivity index (χ0n) is 20.4. The SMILES string of the molecule is Cc1cc(-c2cn(CCN(C)C)c(C3CCN(c4ncnc5c4CCCN5)CC3)n2)ccc1F. The predicted octanol–water partition coefficient (Wildman–Crippen LogP) is 4.09. The molecule has 0 aliphatic carbocycles. The average molecular weight is 464 g/mol. The molecule has 5 rings (SSSR count). The molecule has 2 aliphatic rings. The molecule has 4 heterocycles. The van der Waals surface area contributed by atoms with E-state index in [4.69, 9.17) is 4.98 Å². The molecule has 1 aromatic carbocycles. The number of likely N-dealkylation sites (N-methyl/N-ethyl adjacent to an activating group) is 1. The van der Waals surface area contributed by atoms with Gasteiger partial charge in [-0.3, -0.25) is 0 Å². The smallest absolute Gasteiger partial charge is 0.137 e. The van der Waals surface area contributed by atoms with Gasteiger partial charge in [0.15, 0.2) is 0 Å². The first-order valence-electron chi connectivity index (χ1n) is 12.3. The molecule has 0 atom stereocenters. The molecule has 0 spiro atoms. The third-order valence-electron chi connectivity index (χ3n) is 7.03. The second-order valence-electron chi connectivity index (χ2n) is 9.76. The molecule has 0 radical (unpaired) electrons. The third kappa shape index (κ3) is 4.64. The number of aromatic nitrogens is 4. The molecular formula is C26H34FN7. The van der Waals surface area contributed by atoms with Crippen molar-refractivity contribution in [3.63, 3.8) is 0 Å². The number of rotatable bonds is 6. The largest absolute Gasteiger partial charge is 0.370 e. The van der Waals surface area contributed by atoms with Gasteiger partial charge in [-0.25, -0.2) is 19.3 Å². The first-order chi connectivity index (χ1) is 16.5. The van der Waals surface area contributed by atoms with E-state index in [1.165, 1.54) is 5.56 Å². The quantitative estimate of drug-likeness (QED) is 0.594. The monoisotopic (exact) mass is 463 g/mol. The number of anilines is 2. The number of hydrogen-bond donors (Lipinski definition) is 1. The van der Waals surface area contributed by atoms with Crippen LogP contribution in [0.3, 0.4) is 0 Å². The standard InChI is InChI=1S/C26H34FN7/c1-18-15-20(6-7-22(18)27)23-16-34(14-13-32(2)3)25(31-23)19-8-11-33(12-9-19)26-21-5-4-10-28-24(21)29-17-30-26/h6-7,15-17,19H,4-5,8-14H2,1-3H3,(H,28,29,30). The number of piperidine rings is 1. The van der Waals surface area contributed by atoms with Gasteiger partial charge in [0, 0.05) is 56.0 Å². The Morgan fingerprint density at radius 2 is 2.00 bits per heavy atom. The van der Waals surface area contributed by atoms with Crippen molar-refractivity contribution >= 4 is 11.6 Å². The number of hydrogen-bond acceptors (Lipinski definition) is 6. The Hall–Kier alpha value is -3.00. The minimum Gasteiger partial charge on any atom is -0.370 e. The fraction of sp³-hybridized carbons (Fsp3) is 0.500. The van der Waals surface area contributed by atoms with Gasteiger partial charge >= 0.3 is 0 Å². The van der Waals surface area contributed by atoms with Gasteiger partial charge in [-0.1, -0.05) is 0 Å². The fourth-order valence-electron chi connectivity index (χ4n) is 5.07. The summed E-state index contributed by atoms with van der Waals surface area (Å²) in [7, 11) is 4.19. The van der Waals surface area contributed by atoms with Crippen LogP contribution in [-0.2, 0) is 13.0 Å². The number of nitrogens with zero attached hydrogens (tertiary/aromatic N) is 6. The van der Waals surface area contributed by atoms with Crippen molar-refractivity contribution in [2.45, 2.75) is 45.1 Å². The van der Waals surface area contributed by atoms with Crippen LogP contribution in [0.15, 0.2) is 30.7 Å². The van der Waals surface area contributed by atoms with Crippen molar-refractivity contribution in [2.24, 2.45) is 0 Å². The molecule has 0 amide bonds. The molecular weight excluding hydrogens is 429 g/mol. The Kier molecular flexibility index (Phi) is 6.50. The van der Waals surface area contributed by atoms with Gasteiger partial charge in [0.05, 0.1) is 5.69 Å². The van der Waals surface area contributed by atoms with Crippen molar-refractivity contribution in [1.82, 2.24) is 24.4 Å². The molecule has 34 heavy (non-hydrogen) atoms. The molecule has 1 fully saturated rings. The van der Waals surface area contributed by atoms with Gasteiger partial charge in [0.1, 0.15) is 29.6 Å². The summed E-state index contributed by atoms with van der Waals surface area (Å²) in [6.45, 7) is 6.54. The molecule has 0 bridgehead atoms. The number of benzene rings is 1. The minimum absolute atomic E-state index is 0.175. The Balaban J connectivity index is 1.37. The maximum atomic E-state index is 13.8. The van der Waals surface area contributed by atoms with Crippen LogP contribution < -0.4 is 10.2 Å². The van der Waals surface area contributed by atoms with Crippen molar-refractivity contribution in [1.29, 1.82) is 0 Å². The molecule has 7 nitrogen and oxygen atoms in total. The van der Waals surface area contributed by atoms with Gasteiger partial charge in [0.2, 0.25) is 0 Å². The van der Waals surface area contributed by atoms with Crippen LogP contribution in [0.5, 0.6) is 0 Å². The van der Waals surface area contributed by atoms with E-state index in [0.29, 0.717) is 11.5 Å². The predicted molar refractivity (Wildman–Crippen MR) is 134 cm³/mol. The topological polar surface area (TPSA) is 62.1 Å². The zero-order valence-corrected chi connectivity index (χ0v) is 20.4. The summed E-state index contributed by atoms with van der Waals surface area (Å²) in [6, 6.07) is 5.27. The highest BCUT2D eigenvalue weighted by atomic mass is 19.1. The first-order valence-corrected chi connectivity index (χ1v) is 12.3. The number of nitrogens with one attached hydrogen (secondary N) is 1. The van der Waals surface area contributed by atoms with Crippen LogP contribution in [-0.4, -0.2) is 64.7 Å². The van der Waals surface area contributed by atoms with Crippen LogP contribution in [0.4, 0.5) is 16.0 Å². The van der Waals surface area contributed by atoms with Gasteiger partial charge in [-0.2, -0.15) is 0 Å². The van der Waals surface area contributed by atoms with Crippen LogP contribution in [0.25, 0.3) is 11.3 Å². The van der Waals surface area contributed by atoms with Crippen molar-refractivity contribution < 1.29 is 4.39 Å². The van der Waals surface area contributed by atoms with E-state index in [9.17, 15) is 4.39 Å². The normalized spacial score (nSPS) is 16.6. The van der Waals surface area contributed by atoms with Crippen LogP contribution in [0.1, 0.15) is 42.1 Å². The maximum absolute atomic E-state index is 13.8. The summed E-state index contributed by atoms with van der Waals surface area (Å²) >= 11 is 0. The van der Waals surface area contributed by atoms with E-state index < -0.39 is 0 Å². The van der Waals surface area contributed by atoms with Gasteiger partial charge in [-0.05, 0) is 70.5 Å². The van der Waals surface area contributed by atoms with E-state index >= 15 is 0 Å². The van der Waals surface area contributed by atoms with Crippen LogP contribution >= 0.6 is 0 Å². The zero-order chi connectivity index (χ0) is 23.7. The molecule has 1 saturated heterocycles. The lowest BCUT2D eigenvalue weighted by molar-refractivity contribution is 0.372. The molecule has 3 aromatic rings. The first kappa shape index (κ1) is 22.8. The molecule has 180 valence electrons. The summed E-state index contributed by atoms with van der Waals surface area (Å²) in [6.07, 6.45) is 8.06. The third-order valence-corrected chi connectivity index (χ3v) is 7.03. The lowest BCUT2D eigenvalue weighted by Crippen LogP contribution is -2.35. The van der Waals surface area contributed by atoms with E-state index in [1.807, 2.05) is 12.1 Å². The summed E-state index contributed by atoms with van der Waals surface area (Å²) < 4.78 is 16.1. The number of aryl methyl sites for hydroxylation is 1. The lowest BCUT2D eigenvalue weighted by Gasteiger charge is -2.34. The van der Waals surface area contributed by atoms with E-state index in [1.54, 1.807) is 19.3 Å². The Labute approximate surface area is 201 Å². The van der Waals surface area contributed by atoms with E-state index in [2.05, 4.69) is 49.9 Å². The molecule has 2 aromatic heterocycles. The van der Waals surface area contributed by atoms with Gasteiger partial charge in [0.25, 0.3) is 0 Å². The van der Waals surface area contributed by atoms with E-state index in [-0.39, 0.29) is 5.82 Å². The van der Waals surface area contributed by atoms with Crippen molar-refractivity contribution in [3.05, 3.63) is 53.5 Å². The highest BCUT2D eigenvalue weighted by molar-refractivity contribution is 5.61. The second-order valence-corrected chi connectivity index (χ2v) is 9.76. The summed E-state index contributed by atoms with van der Waals surface area (Å²) in [5, 5.41) is 3.41. The fourth-order valence-corrected chi connectivity index (χ4v) is 5.07. The molecule has 2 aliphatic heterocycles. The Bertz CT molecular complexity index is 1150. The minimum atomic E-state index is -0.175. The number of fused-ring (bicyclic) bond motifs is 1. The van der Waals surface area contributed by atoms with Gasteiger partial charge < -0.3 is 19.7 Å². The van der Waals surface area contributed by atoms with Crippen LogP contribution in [0, 0.1) is 12.7 Å². The summed E-state index contributed by atoms with van der Waals surface area (Å²) in [5.41, 5.74) is 3.81. The Morgan fingerprint density at radius 1 is 1.18 bits per heavy atom. The summed E-state index contributed by atoms with van der Waals surface area (Å²) in [5.74, 6) is 3.45. The van der Waals surface area contributed by atoms with Gasteiger partial charge in [-0.15, -0.1) is 0 Å². The summed E-state index contributed by atoms with van der Waals surface area (Å²) in [4.78, 5) is 18.8. The molecule has 0 saturated carbocycles. The molecule has 1 N–H and O–H groups in total. The van der Waals surface area contributed by atoms with Crippen LogP contribution in [0.2, 0.25) is 0 Å². The average Bonchev–Trinajstić information content (AvgIpc) is 3.28. The van der Waals surface area contributed by atoms with Crippen molar-refractivity contribution in [3.8, 4) is 11.3 Å². The Morgan fingerprint density at radius 3 is 2.76 bits per heavy atom. The number of halogens is 1. The second kappa shape index (κ2) is 9.70. The highest BCUT2D eigenvalue weighted by Gasteiger charge is 2.28. The lowest BCUT2D eigenvalue weighted by atomic mass is 9.95.